The standard InChI is InChI=1S/C39H24N4/c1-3-11-25(12-4-1)42-34-18-10-9-16-28(34)32-23-36-33(24-35(32)42)30-20-19-29-27-15-7-8-17-31(27)39-40-21-22-41(39)37(29)38(30)43(36)26-13-5-2-6-14-26/h1-24H. The molecule has 0 saturated carbocycles. The second-order valence-corrected chi connectivity index (χ2v) is 11.3. The number of rotatable bonds is 2. The maximum atomic E-state index is 4.83. The van der Waals surface area contributed by atoms with Crippen LogP contribution < -0.4 is 0 Å². The topological polar surface area (TPSA) is 27.2 Å². The predicted molar refractivity (Wildman–Crippen MR) is 179 cm³/mol. The summed E-state index contributed by atoms with van der Waals surface area (Å²) in [4.78, 5) is 4.83. The Bertz CT molecular complexity index is 2710. The maximum absolute atomic E-state index is 4.83. The van der Waals surface area contributed by atoms with Crippen LogP contribution in [0.4, 0.5) is 0 Å². The van der Waals surface area contributed by atoms with Gasteiger partial charge in [0.1, 0.15) is 5.65 Å². The molecule has 4 aromatic heterocycles. The van der Waals surface area contributed by atoms with E-state index in [-0.39, 0.29) is 0 Å². The highest BCUT2D eigenvalue weighted by molar-refractivity contribution is 6.26. The molecule has 0 atom stereocenters. The van der Waals surface area contributed by atoms with Gasteiger partial charge in [0.25, 0.3) is 0 Å². The van der Waals surface area contributed by atoms with E-state index in [0.29, 0.717) is 0 Å². The first-order chi connectivity index (χ1) is 21.4. The molecule has 4 heteroatoms. The lowest BCUT2D eigenvalue weighted by Crippen LogP contribution is -1.98. The van der Waals surface area contributed by atoms with Crippen molar-refractivity contribution < 1.29 is 0 Å². The SMILES string of the molecule is c1ccc(-n2c3ccccc3c3cc4c(cc32)c2ccc3c5ccccc5c5nccn5c3c2n4-c2ccccc2)cc1. The first-order valence-electron chi connectivity index (χ1n) is 14.7. The van der Waals surface area contributed by atoms with Gasteiger partial charge < -0.3 is 9.13 Å². The Hall–Kier alpha value is -5.87. The molecule has 0 aliphatic rings. The van der Waals surface area contributed by atoms with Crippen molar-refractivity contribution in [2.24, 2.45) is 0 Å². The molecule has 43 heavy (non-hydrogen) atoms. The summed E-state index contributed by atoms with van der Waals surface area (Å²) in [5.74, 6) is 0. The fraction of sp³-hybridized carbons (Fsp3) is 0. The zero-order valence-corrected chi connectivity index (χ0v) is 23.1. The Balaban J connectivity index is 1.48. The summed E-state index contributed by atoms with van der Waals surface area (Å²) in [6, 6.07) is 48.2. The van der Waals surface area contributed by atoms with Gasteiger partial charge in [0.15, 0.2) is 0 Å². The maximum Gasteiger partial charge on any atom is 0.145 e. The number of nitrogens with zero attached hydrogens (tertiary/aromatic N) is 4. The molecule has 10 rings (SSSR count). The van der Waals surface area contributed by atoms with Crippen molar-refractivity contribution >= 4 is 70.9 Å². The minimum atomic E-state index is 0.979. The van der Waals surface area contributed by atoms with Gasteiger partial charge in [0, 0.05) is 56.1 Å². The molecule has 4 nitrogen and oxygen atoms in total. The van der Waals surface area contributed by atoms with Crippen LogP contribution in [0, 0.1) is 0 Å². The number of para-hydroxylation sites is 3. The van der Waals surface area contributed by atoms with Gasteiger partial charge in [0.05, 0.1) is 27.6 Å². The first-order valence-corrected chi connectivity index (χ1v) is 14.7. The average Bonchev–Trinajstić information content (AvgIpc) is 3.77. The van der Waals surface area contributed by atoms with Crippen LogP contribution in [-0.2, 0) is 0 Å². The Morgan fingerprint density at radius 1 is 0.395 bits per heavy atom. The van der Waals surface area contributed by atoms with Gasteiger partial charge in [-0.3, -0.25) is 4.40 Å². The van der Waals surface area contributed by atoms with Crippen LogP contribution in [0.15, 0.2) is 146 Å². The fourth-order valence-electron chi connectivity index (χ4n) is 7.31. The largest absolute Gasteiger partial charge is 0.309 e. The number of imidazole rings is 1. The van der Waals surface area contributed by atoms with E-state index in [1.165, 1.54) is 59.9 Å². The van der Waals surface area contributed by atoms with Gasteiger partial charge in [-0.1, -0.05) is 91.0 Å². The summed E-state index contributed by atoms with van der Waals surface area (Å²) in [5.41, 5.74) is 9.26. The summed E-state index contributed by atoms with van der Waals surface area (Å²) in [5, 5.41) is 8.55. The van der Waals surface area contributed by atoms with Crippen molar-refractivity contribution in [2.75, 3.05) is 0 Å². The van der Waals surface area contributed by atoms with Crippen molar-refractivity contribution in [2.45, 2.75) is 0 Å². The minimum absolute atomic E-state index is 0.979. The molecule has 0 fully saturated rings. The highest BCUT2D eigenvalue weighted by atomic mass is 15.0. The van der Waals surface area contributed by atoms with E-state index < -0.39 is 0 Å². The van der Waals surface area contributed by atoms with Crippen LogP contribution in [0.3, 0.4) is 0 Å². The number of hydrogen-bond donors (Lipinski definition) is 0. The quantitative estimate of drug-likeness (QED) is 0.198. The third kappa shape index (κ3) is 2.97. The number of fused-ring (bicyclic) bond motifs is 13. The van der Waals surface area contributed by atoms with Crippen molar-refractivity contribution in [1.29, 1.82) is 0 Å². The predicted octanol–water partition coefficient (Wildman–Crippen LogP) is 9.83. The minimum Gasteiger partial charge on any atom is -0.309 e. The third-order valence-corrected chi connectivity index (χ3v) is 9.06. The highest BCUT2D eigenvalue weighted by Crippen LogP contribution is 2.43. The van der Waals surface area contributed by atoms with Crippen LogP contribution in [0.2, 0.25) is 0 Å². The van der Waals surface area contributed by atoms with E-state index in [9.17, 15) is 0 Å². The van der Waals surface area contributed by atoms with Crippen LogP contribution in [-0.4, -0.2) is 18.5 Å². The summed E-state index contributed by atoms with van der Waals surface area (Å²) >= 11 is 0. The molecule has 0 aliphatic carbocycles. The molecule has 0 bridgehead atoms. The molecule has 0 amide bonds. The Morgan fingerprint density at radius 2 is 0.953 bits per heavy atom. The molecule has 0 saturated heterocycles. The zero-order valence-electron chi connectivity index (χ0n) is 23.1. The highest BCUT2D eigenvalue weighted by Gasteiger charge is 2.21. The molecule has 0 unspecified atom stereocenters. The Kier molecular flexibility index (Phi) is 4.42. The van der Waals surface area contributed by atoms with Crippen molar-refractivity contribution in [3.05, 3.63) is 146 Å². The Morgan fingerprint density at radius 3 is 1.70 bits per heavy atom. The molecule has 0 radical (unpaired) electrons. The van der Waals surface area contributed by atoms with Gasteiger partial charge >= 0.3 is 0 Å². The van der Waals surface area contributed by atoms with Crippen LogP contribution in [0.1, 0.15) is 0 Å². The number of aromatic nitrogens is 4. The van der Waals surface area contributed by atoms with Gasteiger partial charge in [-0.2, -0.15) is 0 Å². The lowest BCUT2D eigenvalue weighted by atomic mass is 10.0. The number of benzene rings is 6. The van der Waals surface area contributed by atoms with Crippen molar-refractivity contribution in [3.8, 4) is 11.4 Å². The van der Waals surface area contributed by atoms with Crippen molar-refractivity contribution in [1.82, 2.24) is 18.5 Å². The lowest BCUT2D eigenvalue weighted by Gasteiger charge is -2.13. The van der Waals surface area contributed by atoms with E-state index in [0.717, 1.165) is 22.4 Å². The smallest absolute Gasteiger partial charge is 0.145 e. The molecular weight excluding hydrogens is 524 g/mol. The summed E-state index contributed by atoms with van der Waals surface area (Å²) in [7, 11) is 0. The molecule has 200 valence electrons. The van der Waals surface area contributed by atoms with Gasteiger partial charge in [-0.05, 0) is 47.9 Å². The Labute approximate surface area is 246 Å². The summed E-state index contributed by atoms with van der Waals surface area (Å²) < 4.78 is 7.13. The molecule has 6 aromatic carbocycles. The average molecular weight is 549 g/mol. The van der Waals surface area contributed by atoms with Crippen LogP contribution in [0.25, 0.3) is 82.3 Å². The second kappa shape index (κ2) is 8.34. The second-order valence-electron chi connectivity index (χ2n) is 11.3. The van der Waals surface area contributed by atoms with E-state index in [1.807, 2.05) is 6.20 Å². The molecule has 4 heterocycles. The third-order valence-electron chi connectivity index (χ3n) is 9.06. The molecule has 0 spiro atoms. The van der Waals surface area contributed by atoms with Crippen LogP contribution >= 0.6 is 0 Å². The van der Waals surface area contributed by atoms with E-state index in [4.69, 9.17) is 4.98 Å². The molecule has 10 aromatic rings. The summed E-state index contributed by atoms with van der Waals surface area (Å²) in [6.07, 6.45) is 4.02. The summed E-state index contributed by atoms with van der Waals surface area (Å²) in [6.45, 7) is 0. The van der Waals surface area contributed by atoms with E-state index in [2.05, 4.69) is 153 Å². The fourth-order valence-corrected chi connectivity index (χ4v) is 7.31. The van der Waals surface area contributed by atoms with Gasteiger partial charge in [-0.15, -0.1) is 0 Å². The van der Waals surface area contributed by atoms with Crippen molar-refractivity contribution in [3.63, 3.8) is 0 Å². The van der Waals surface area contributed by atoms with Crippen LogP contribution in [0.5, 0.6) is 0 Å². The number of hydrogen-bond acceptors (Lipinski definition) is 1. The monoisotopic (exact) mass is 548 g/mol. The van der Waals surface area contributed by atoms with E-state index >= 15 is 0 Å². The normalized spacial score (nSPS) is 12.2. The molecule has 0 N–H and O–H groups in total. The number of pyridine rings is 1. The lowest BCUT2D eigenvalue weighted by molar-refractivity contribution is 1.17. The van der Waals surface area contributed by atoms with Gasteiger partial charge in [0.2, 0.25) is 0 Å². The first kappa shape index (κ1) is 22.8. The van der Waals surface area contributed by atoms with Gasteiger partial charge in [-0.25, -0.2) is 4.98 Å². The van der Waals surface area contributed by atoms with E-state index in [1.54, 1.807) is 0 Å². The zero-order chi connectivity index (χ0) is 28.1. The molecular formula is C39H24N4. The molecule has 0 aliphatic heterocycles.